The number of hydrogen-bond acceptors (Lipinski definition) is 4. The average Bonchev–Trinajstić information content (AvgIpc) is 2.84. The van der Waals surface area contributed by atoms with Gasteiger partial charge in [-0.25, -0.2) is 0 Å². The standard InChI is InChI=1S/C14H23ClN2OS/c1-2-8-18-11-4-3-7-17(10-11)12(9-16)13-5-6-14(15)19-13/h5-6,11-12H,2-4,7-10,16H2,1H3. The summed E-state index contributed by atoms with van der Waals surface area (Å²) >= 11 is 7.67. The molecule has 1 aliphatic heterocycles. The van der Waals surface area contributed by atoms with Gasteiger partial charge < -0.3 is 10.5 Å². The fraction of sp³-hybridized carbons (Fsp3) is 0.714. The van der Waals surface area contributed by atoms with Crippen LogP contribution in [0.3, 0.4) is 0 Å². The number of thiophene rings is 1. The molecule has 0 aliphatic carbocycles. The molecule has 5 heteroatoms. The second kappa shape index (κ2) is 7.60. The van der Waals surface area contributed by atoms with Crippen LogP contribution in [-0.2, 0) is 4.74 Å². The highest BCUT2D eigenvalue weighted by Crippen LogP contribution is 2.31. The van der Waals surface area contributed by atoms with Crippen LogP contribution in [0.1, 0.15) is 37.1 Å². The summed E-state index contributed by atoms with van der Waals surface area (Å²) in [5.74, 6) is 0. The average molecular weight is 303 g/mol. The molecular weight excluding hydrogens is 280 g/mol. The van der Waals surface area contributed by atoms with Crippen LogP contribution in [0.4, 0.5) is 0 Å². The number of nitrogens with zero attached hydrogens (tertiary/aromatic N) is 1. The van der Waals surface area contributed by atoms with Crippen molar-refractivity contribution in [2.24, 2.45) is 5.73 Å². The van der Waals surface area contributed by atoms with Crippen LogP contribution in [0.15, 0.2) is 12.1 Å². The van der Waals surface area contributed by atoms with E-state index in [0.717, 1.165) is 30.5 Å². The Kier molecular flexibility index (Phi) is 6.10. The van der Waals surface area contributed by atoms with E-state index in [4.69, 9.17) is 22.1 Å². The maximum Gasteiger partial charge on any atom is 0.0931 e. The zero-order valence-electron chi connectivity index (χ0n) is 11.5. The first-order valence-corrected chi connectivity index (χ1v) is 8.25. The van der Waals surface area contributed by atoms with Gasteiger partial charge in [0.1, 0.15) is 0 Å². The van der Waals surface area contributed by atoms with Crippen molar-refractivity contribution >= 4 is 22.9 Å². The minimum Gasteiger partial charge on any atom is -0.377 e. The van der Waals surface area contributed by atoms with Gasteiger partial charge in [-0.3, -0.25) is 4.90 Å². The molecular formula is C14H23ClN2OS. The molecule has 1 aromatic rings. The minimum atomic E-state index is 0.283. The van der Waals surface area contributed by atoms with Crippen molar-refractivity contribution in [1.29, 1.82) is 0 Å². The monoisotopic (exact) mass is 302 g/mol. The van der Waals surface area contributed by atoms with Crippen LogP contribution < -0.4 is 5.73 Å². The number of rotatable bonds is 6. The summed E-state index contributed by atoms with van der Waals surface area (Å²) in [5, 5.41) is 0. The second-order valence-electron chi connectivity index (χ2n) is 5.02. The zero-order valence-corrected chi connectivity index (χ0v) is 13.1. The maximum absolute atomic E-state index is 6.03. The Morgan fingerprint density at radius 1 is 1.58 bits per heavy atom. The van der Waals surface area contributed by atoms with E-state index in [1.54, 1.807) is 11.3 Å². The second-order valence-corrected chi connectivity index (χ2v) is 6.77. The van der Waals surface area contributed by atoms with E-state index in [2.05, 4.69) is 17.9 Å². The molecule has 0 amide bonds. The van der Waals surface area contributed by atoms with Crippen LogP contribution in [0.25, 0.3) is 0 Å². The fourth-order valence-corrected chi connectivity index (χ4v) is 3.83. The number of hydrogen-bond donors (Lipinski definition) is 1. The van der Waals surface area contributed by atoms with Gasteiger partial charge in [-0.05, 0) is 37.9 Å². The van der Waals surface area contributed by atoms with Crippen molar-refractivity contribution in [3.05, 3.63) is 21.3 Å². The summed E-state index contributed by atoms with van der Waals surface area (Å²) in [4.78, 5) is 3.72. The molecule has 1 fully saturated rings. The summed E-state index contributed by atoms with van der Waals surface area (Å²) in [5.41, 5.74) is 5.97. The minimum absolute atomic E-state index is 0.283. The normalized spacial score (nSPS) is 22.6. The van der Waals surface area contributed by atoms with Crippen molar-refractivity contribution in [3.8, 4) is 0 Å². The molecule has 2 atom stereocenters. The molecule has 0 saturated carbocycles. The topological polar surface area (TPSA) is 38.5 Å². The molecule has 1 aliphatic rings. The highest BCUT2D eigenvalue weighted by atomic mass is 35.5. The smallest absolute Gasteiger partial charge is 0.0931 e. The molecule has 2 heterocycles. The molecule has 0 bridgehead atoms. The van der Waals surface area contributed by atoms with Gasteiger partial charge in [-0.15, -0.1) is 11.3 Å². The van der Waals surface area contributed by atoms with Crippen LogP contribution in [0.5, 0.6) is 0 Å². The quantitative estimate of drug-likeness (QED) is 0.876. The molecule has 0 aromatic carbocycles. The SMILES string of the molecule is CCCOC1CCCN(C(CN)c2ccc(Cl)s2)C1. The lowest BCUT2D eigenvalue weighted by atomic mass is 10.0. The summed E-state index contributed by atoms with van der Waals surface area (Å²) in [7, 11) is 0. The first-order chi connectivity index (χ1) is 9.24. The Labute approximate surface area is 124 Å². The van der Waals surface area contributed by atoms with E-state index in [-0.39, 0.29) is 6.04 Å². The highest BCUT2D eigenvalue weighted by molar-refractivity contribution is 7.16. The number of ether oxygens (including phenoxy) is 1. The van der Waals surface area contributed by atoms with Crippen molar-refractivity contribution in [2.75, 3.05) is 26.2 Å². The number of piperidine rings is 1. The molecule has 2 rings (SSSR count). The van der Waals surface area contributed by atoms with Crippen molar-refractivity contribution in [3.63, 3.8) is 0 Å². The third-order valence-electron chi connectivity index (χ3n) is 3.55. The lowest BCUT2D eigenvalue weighted by Crippen LogP contribution is -2.43. The molecule has 0 spiro atoms. The van der Waals surface area contributed by atoms with Gasteiger partial charge in [-0.2, -0.15) is 0 Å². The van der Waals surface area contributed by atoms with Crippen LogP contribution >= 0.6 is 22.9 Å². The summed E-state index contributed by atoms with van der Waals surface area (Å²) < 4.78 is 6.73. The van der Waals surface area contributed by atoms with E-state index >= 15 is 0 Å². The van der Waals surface area contributed by atoms with Crippen LogP contribution in [0, 0.1) is 0 Å². The van der Waals surface area contributed by atoms with E-state index in [1.807, 2.05) is 6.07 Å². The van der Waals surface area contributed by atoms with Crippen molar-refractivity contribution < 1.29 is 4.74 Å². The summed E-state index contributed by atoms with van der Waals surface area (Å²) in [6, 6.07) is 4.34. The molecule has 3 nitrogen and oxygen atoms in total. The summed E-state index contributed by atoms with van der Waals surface area (Å²) in [6.07, 6.45) is 3.79. The largest absolute Gasteiger partial charge is 0.377 e. The van der Waals surface area contributed by atoms with E-state index in [0.29, 0.717) is 12.6 Å². The van der Waals surface area contributed by atoms with Crippen molar-refractivity contribution in [1.82, 2.24) is 4.90 Å². The van der Waals surface area contributed by atoms with E-state index in [9.17, 15) is 0 Å². The summed E-state index contributed by atoms with van der Waals surface area (Å²) in [6.45, 7) is 5.73. The van der Waals surface area contributed by atoms with Gasteiger partial charge in [0.2, 0.25) is 0 Å². The Morgan fingerprint density at radius 3 is 3.05 bits per heavy atom. The maximum atomic E-state index is 6.03. The fourth-order valence-electron chi connectivity index (χ4n) is 2.62. The molecule has 19 heavy (non-hydrogen) atoms. The van der Waals surface area contributed by atoms with Crippen molar-refractivity contribution in [2.45, 2.75) is 38.3 Å². The number of nitrogens with two attached hydrogens (primary N) is 1. The Bertz CT molecular complexity index is 385. The van der Waals surface area contributed by atoms with Gasteiger partial charge in [0.25, 0.3) is 0 Å². The predicted octanol–water partition coefficient (Wildman–Crippen LogP) is 3.29. The van der Waals surface area contributed by atoms with Gasteiger partial charge in [0, 0.05) is 24.6 Å². The molecule has 2 N–H and O–H groups in total. The highest BCUT2D eigenvalue weighted by Gasteiger charge is 2.27. The number of likely N-dealkylation sites (tertiary alicyclic amines) is 1. The van der Waals surface area contributed by atoms with Crippen LogP contribution in [-0.4, -0.2) is 37.2 Å². The first-order valence-electron chi connectivity index (χ1n) is 7.05. The van der Waals surface area contributed by atoms with Crippen LogP contribution in [0.2, 0.25) is 4.34 Å². The lowest BCUT2D eigenvalue weighted by Gasteiger charge is -2.37. The van der Waals surface area contributed by atoms with Gasteiger partial charge in [-0.1, -0.05) is 18.5 Å². The Morgan fingerprint density at radius 2 is 2.42 bits per heavy atom. The van der Waals surface area contributed by atoms with Gasteiger partial charge in [0.15, 0.2) is 0 Å². The molecule has 0 radical (unpaired) electrons. The zero-order chi connectivity index (χ0) is 13.7. The van der Waals surface area contributed by atoms with E-state index in [1.165, 1.54) is 17.7 Å². The molecule has 1 aromatic heterocycles. The molecule has 1 saturated heterocycles. The molecule has 2 unspecified atom stereocenters. The molecule has 108 valence electrons. The Balaban J connectivity index is 1.98. The third-order valence-corrected chi connectivity index (χ3v) is 4.89. The lowest BCUT2D eigenvalue weighted by molar-refractivity contribution is -0.0114. The number of halogens is 1. The third kappa shape index (κ3) is 4.17. The Hall–Kier alpha value is -0.130. The van der Waals surface area contributed by atoms with E-state index < -0.39 is 0 Å². The first kappa shape index (κ1) is 15.3. The van der Waals surface area contributed by atoms with Gasteiger partial charge in [0.05, 0.1) is 16.5 Å². The predicted molar refractivity (Wildman–Crippen MR) is 82.0 cm³/mol. The van der Waals surface area contributed by atoms with Gasteiger partial charge >= 0.3 is 0 Å².